The number of phenolic OH excluding ortho intramolecular Hbond substituents is 1. The lowest BCUT2D eigenvalue weighted by Gasteiger charge is -2.33. The maximum atomic E-state index is 16.7. The van der Waals surface area contributed by atoms with Crippen molar-refractivity contribution in [2.24, 2.45) is 5.92 Å². The summed E-state index contributed by atoms with van der Waals surface area (Å²) in [6.07, 6.45) is 4.34. The van der Waals surface area contributed by atoms with E-state index < -0.39 is 23.3 Å². The van der Waals surface area contributed by atoms with E-state index >= 15 is 4.39 Å². The number of carbonyl (C=O) groups is 1. The molecule has 3 saturated heterocycles. The number of aryl methyl sites for hydroxylation is 1. The molecule has 1 N–H and O–H groups in total. The van der Waals surface area contributed by atoms with Crippen molar-refractivity contribution in [2.75, 3.05) is 37.7 Å². The van der Waals surface area contributed by atoms with E-state index in [2.05, 4.69) is 14.9 Å². The van der Waals surface area contributed by atoms with Gasteiger partial charge in [0.25, 0.3) is 0 Å². The number of aromatic hydroxyl groups is 1. The van der Waals surface area contributed by atoms with Crippen molar-refractivity contribution in [1.29, 1.82) is 0 Å². The van der Waals surface area contributed by atoms with Gasteiger partial charge in [0.15, 0.2) is 5.82 Å². The minimum atomic E-state index is -0.925. The molecule has 3 aliphatic heterocycles. The van der Waals surface area contributed by atoms with Crippen LogP contribution in [0, 0.1) is 17.6 Å². The molecule has 2 aromatic heterocycles. The first-order valence-electron chi connectivity index (χ1n) is 15.8. The number of anilines is 1. The van der Waals surface area contributed by atoms with Gasteiger partial charge in [-0.05, 0) is 80.1 Å². The first-order chi connectivity index (χ1) is 21.7. The number of benzene rings is 2. The summed E-state index contributed by atoms with van der Waals surface area (Å²) in [5, 5.41) is 12.0. The van der Waals surface area contributed by atoms with E-state index in [-0.39, 0.29) is 46.8 Å². The first-order valence-corrected chi connectivity index (χ1v) is 15.8. The number of pyridine rings is 1. The predicted octanol–water partition coefficient (Wildman–Crippen LogP) is 6.15. The lowest BCUT2D eigenvalue weighted by molar-refractivity contribution is -0.121. The first kappa shape index (κ1) is 29.7. The Morgan fingerprint density at radius 2 is 1.96 bits per heavy atom. The quantitative estimate of drug-likeness (QED) is 0.263. The fraction of sp³-hybridized carbons (Fsp3) is 0.471. The predicted molar refractivity (Wildman–Crippen MR) is 165 cm³/mol. The van der Waals surface area contributed by atoms with Gasteiger partial charge in [-0.3, -0.25) is 14.7 Å². The monoisotopic (exact) mass is 619 g/mol. The summed E-state index contributed by atoms with van der Waals surface area (Å²) in [6, 6.07) is 5.79. The molecule has 2 aromatic carbocycles. The Bertz CT molecular complexity index is 1810. The van der Waals surface area contributed by atoms with E-state index in [0.29, 0.717) is 72.9 Å². The van der Waals surface area contributed by atoms with Crippen LogP contribution in [-0.2, 0) is 11.2 Å². The number of carbonyl (C=O) groups excluding carboxylic acids is 1. The maximum absolute atomic E-state index is 16.7. The molecule has 2 atom stereocenters. The smallest absolute Gasteiger partial charge is 0.319 e. The lowest BCUT2D eigenvalue weighted by Crippen LogP contribution is -2.43. The molecule has 0 radical (unpaired) electrons. The van der Waals surface area contributed by atoms with E-state index in [1.807, 2.05) is 11.8 Å². The van der Waals surface area contributed by atoms with E-state index in [0.717, 1.165) is 19.4 Å². The van der Waals surface area contributed by atoms with Crippen LogP contribution in [0.15, 0.2) is 30.5 Å². The molecule has 11 heteroatoms. The number of Topliss-reactive ketones (excluding diaryl/α,β-unsaturated/α-hetero) is 1. The van der Waals surface area contributed by atoms with E-state index in [1.54, 1.807) is 13.0 Å². The standard InChI is InChI=1S/C34H36F3N5O3/c1-3-24-27(36)6-5-21-13-23(44)14-25(28(21)24)30-29(37)31-26(16-38-30)32(41-11-7-20(8-12-41)19(2)43)40-33(39-31)45-18-34-9-4-10-42(34)17-22(35)15-34/h5-6,13-14,16,20,22,44H,3-4,7-12,15,17-18H2,1-2H3/t22-,34+/m1/s1. The van der Waals surface area contributed by atoms with Crippen LogP contribution >= 0.6 is 0 Å². The number of hydrogen-bond donors (Lipinski definition) is 1. The molecule has 0 amide bonds. The second-order valence-corrected chi connectivity index (χ2v) is 12.7. The highest BCUT2D eigenvalue weighted by molar-refractivity contribution is 6.01. The van der Waals surface area contributed by atoms with E-state index in [1.165, 1.54) is 24.4 Å². The van der Waals surface area contributed by atoms with Crippen molar-refractivity contribution in [3.63, 3.8) is 0 Å². The highest BCUT2D eigenvalue weighted by Gasteiger charge is 2.49. The van der Waals surface area contributed by atoms with Gasteiger partial charge in [-0.1, -0.05) is 13.0 Å². The number of ether oxygens (including phenoxy) is 1. The fourth-order valence-electron chi connectivity index (χ4n) is 7.69. The number of halogens is 3. The number of piperidine rings is 1. The van der Waals surface area contributed by atoms with Crippen LogP contribution < -0.4 is 9.64 Å². The Kier molecular flexibility index (Phi) is 7.54. The SMILES string of the molecule is CCc1c(F)ccc2cc(O)cc(-c3ncc4c(N5CCC(C(C)=O)CC5)nc(OC[C@@]56CCCN5C[C@H](F)C6)nc4c3F)c12. The van der Waals surface area contributed by atoms with Gasteiger partial charge in [0.1, 0.15) is 47.2 Å². The summed E-state index contributed by atoms with van der Waals surface area (Å²) >= 11 is 0. The Hall–Kier alpha value is -3.99. The van der Waals surface area contributed by atoms with Gasteiger partial charge < -0.3 is 14.7 Å². The van der Waals surface area contributed by atoms with E-state index in [9.17, 15) is 18.7 Å². The Balaban J connectivity index is 1.35. The minimum Gasteiger partial charge on any atom is -0.508 e. The number of aromatic nitrogens is 3. The van der Waals surface area contributed by atoms with Gasteiger partial charge in [-0.2, -0.15) is 9.97 Å². The van der Waals surface area contributed by atoms with Crippen LogP contribution in [-0.4, -0.2) is 75.2 Å². The number of hydrogen-bond acceptors (Lipinski definition) is 8. The maximum Gasteiger partial charge on any atom is 0.319 e. The third-order valence-corrected chi connectivity index (χ3v) is 10.0. The Labute approximate surface area is 259 Å². The normalized spacial score (nSPS) is 22.4. The Morgan fingerprint density at radius 1 is 1.16 bits per heavy atom. The van der Waals surface area contributed by atoms with Gasteiger partial charge in [-0.25, -0.2) is 13.2 Å². The molecule has 7 rings (SSSR count). The van der Waals surface area contributed by atoms with Crippen molar-refractivity contribution in [2.45, 2.75) is 64.1 Å². The Morgan fingerprint density at radius 3 is 2.71 bits per heavy atom. The molecule has 0 aliphatic carbocycles. The average molecular weight is 620 g/mol. The van der Waals surface area contributed by atoms with Crippen molar-refractivity contribution < 1.29 is 27.8 Å². The zero-order chi connectivity index (χ0) is 31.5. The van der Waals surface area contributed by atoms with Crippen LogP contribution in [0.2, 0.25) is 0 Å². The fourth-order valence-corrected chi connectivity index (χ4v) is 7.69. The molecule has 3 aliphatic rings. The second kappa shape index (κ2) is 11.4. The lowest BCUT2D eigenvalue weighted by atomic mass is 9.93. The summed E-state index contributed by atoms with van der Waals surface area (Å²) < 4.78 is 52.3. The van der Waals surface area contributed by atoms with Crippen LogP contribution in [0.4, 0.5) is 19.0 Å². The number of ketones is 1. The van der Waals surface area contributed by atoms with Crippen LogP contribution in [0.3, 0.4) is 0 Å². The van der Waals surface area contributed by atoms with Crippen molar-refractivity contribution >= 4 is 33.3 Å². The van der Waals surface area contributed by atoms with Crippen molar-refractivity contribution in [3.8, 4) is 23.0 Å². The highest BCUT2D eigenvalue weighted by Crippen LogP contribution is 2.42. The third-order valence-electron chi connectivity index (χ3n) is 10.0. The third kappa shape index (κ3) is 5.14. The highest BCUT2D eigenvalue weighted by atomic mass is 19.1. The summed E-state index contributed by atoms with van der Waals surface area (Å²) in [5.41, 5.74) is 0.112. The zero-order valence-corrected chi connectivity index (χ0v) is 25.5. The van der Waals surface area contributed by atoms with Crippen LogP contribution in [0.25, 0.3) is 32.9 Å². The summed E-state index contributed by atoms with van der Waals surface area (Å²) in [6.45, 7) is 5.86. The number of fused-ring (bicyclic) bond motifs is 3. The van der Waals surface area contributed by atoms with Gasteiger partial charge in [0.2, 0.25) is 0 Å². The second-order valence-electron chi connectivity index (χ2n) is 12.7. The van der Waals surface area contributed by atoms with Crippen LogP contribution in [0.5, 0.6) is 11.8 Å². The number of alkyl halides is 1. The molecule has 0 saturated carbocycles. The number of phenols is 1. The topological polar surface area (TPSA) is 91.7 Å². The average Bonchev–Trinajstić information content (AvgIpc) is 3.55. The zero-order valence-electron chi connectivity index (χ0n) is 25.5. The molecule has 5 heterocycles. The van der Waals surface area contributed by atoms with Crippen LogP contribution in [0.1, 0.15) is 51.5 Å². The molecule has 45 heavy (non-hydrogen) atoms. The van der Waals surface area contributed by atoms with E-state index in [4.69, 9.17) is 9.72 Å². The van der Waals surface area contributed by atoms with Crippen molar-refractivity contribution in [3.05, 3.63) is 47.7 Å². The molecule has 8 nitrogen and oxygen atoms in total. The molecule has 0 unspecified atom stereocenters. The summed E-state index contributed by atoms with van der Waals surface area (Å²) in [5.74, 6) is -0.712. The van der Waals surface area contributed by atoms with Gasteiger partial charge >= 0.3 is 6.01 Å². The molecule has 236 valence electrons. The van der Waals surface area contributed by atoms with Gasteiger partial charge in [0, 0.05) is 43.7 Å². The van der Waals surface area contributed by atoms with Gasteiger partial charge in [0.05, 0.1) is 10.9 Å². The van der Waals surface area contributed by atoms with Crippen molar-refractivity contribution in [1.82, 2.24) is 19.9 Å². The molecule has 0 bridgehead atoms. The van der Waals surface area contributed by atoms with Gasteiger partial charge in [-0.15, -0.1) is 0 Å². The summed E-state index contributed by atoms with van der Waals surface area (Å²) in [4.78, 5) is 29.9. The molecular formula is C34H36F3N5O3. The molecule has 3 fully saturated rings. The molecular weight excluding hydrogens is 583 g/mol. The number of nitrogens with zero attached hydrogens (tertiary/aromatic N) is 5. The summed E-state index contributed by atoms with van der Waals surface area (Å²) in [7, 11) is 0. The molecule has 0 spiro atoms. The number of rotatable bonds is 7. The molecule has 4 aromatic rings. The largest absolute Gasteiger partial charge is 0.508 e. The minimum absolute atomic E-state index is 0.0183.